The predicted octanol–water partition coefficient (Wildman–Crippen LogP) is 3.69. The van der Waals surface area contributed by atoms with Gasteiger partial charge in [0.25, 0.3) is 0 Å². The van der Waals surface area contributed by atoms with Gasteiger partial charge in [0.2, 0.25) is 0 Å². The largest absolute Gasteiger partial charge is 0.365 e. The summed E-state index contributed by atoms with van der Waals surface area (Å²) in [7, 11) is 0. The van der Waals surface area contributed by atoms with E-state index in [0.29, 0.717) is 12.2 Å². The molecule has 0 radical (unpaired) electrons. The highest BCUT2D eigenvalue weighted by molar-refractivity contribution is 5.80. The van der Waals surface area contributed by atoms with Crippen LogP contribution in [0, 0.1) is 5.92 Å². The zero-order valence-electron chi connectivity index (χ0n) is 11.3. The molecule has 0 aromatic heterocycles. The van der Waals surface area contributed by atoms with Crippen molar-refractivity contribution in [3.63, 3.8) is 0 Å². The SMILES string of the molecule is CC[C@H](C)[C@](C)(/C=C/F)NC(C)=NC(C)C. The zero-order valence-corrected chi connectivity index (χ0v) is 11.3. The van der Waals surface area contributed by atoms with E-state index in [4.69, 9.17) is 0 Å². The Hall–Kier alpha value is -0.860. The Labute approximate surface area is 99.0 Å². The van der Waals surface area contributed by atoms with Crippen molar-refractivity contribution in [2.45, 2.75) is 59.5 Å². The summed E-state index contributed by atoms with van der Waals surface area (Å²) in [5.74, 6) is 1.20. The molecule has 0 bridgehead atoms. The molecule has 0 saturated heterocycles. The van der Waals surface area contributed by atoms with Gasteiger partial charge in [-0.25, -0.2) is 4.39 Å². The van der Waals surface area contributed by atoms with E-state index in [1.807, 2.05) is 27.7 Å². The van der Waals surface area contributed by atoms with E-state index in [1.165, 1.54) is 0 Å². The highest BCUT2D eigenvalue weighted by Crippen LogP contribution is 2.22. The predicted molar refractivity (Wildman–Crippen MR) is 69.5 cm³/mol. The van der Waals surface area contributed by atoms with Gasteiger partial charge < -0.3 is 5.32 Å². The number of amidine groups is 1. The highest BCUT2D eigenvalue weighted by Gasteiger charge is 2.27. The lowest BCUT2D eigenvalue weighted by molar-refractivity contribution is 0.338. The number of rotatable bonds is 5. The summed E-state index contributed by atoms with van der Waals surface area (Å²) in [6, 6.07) is 0.253. The summed E-state index contributed by atoms with van der Waals surface area (Å²) in [5.41, 5.74) is -0.369. The van der Waals surface area contributed by atoms with Gasteiger partial charge >= 0.3 is 0 Å². The number of aliphatic imine (C=N–C) groups is 1. The summed E-state index contributed by atoms with van der Waals surface area (Å²) >= 11 is 0. The second-order valence-electron chi connectivity index (χ2n) is 4.82. The fourth-order valence-electron chi connectivity index (χ4n) is 1.69. The normalized spacial score (nSPS) is 18.9. The molecule has 1 N–H and O–H groups in total. The molecule has 0 aromatic rings. The summed E-state index contributed by atoms with van der Waals surface area (Å²) in [5, 5.41) is 3.30. The third kappa shape index (κ3) is 4.77. The Bertz CT molecular complexity index is 259. The average molecular weight is 228 g/mol. The third-order valence-electron chi connectivity index (χ3n) is 2.95. The first-order valence-corrected chi connectivity index (χ1v) is 5.96. The smallest absolute Gasteiger partial charge is 0.0941 e. The van der Waals surface area contributed by atoms with Crippen molar-refractivity contribution in [3.05, 3.63) is 12.4 Å². The lowest BCUT2D eigenvalue weighted by Crippen LogP contribution is -2.48. The van der Waals surface area contributed by atoms with Crippen LogP contribution in [-0.2, 0) is 0 Å². The fourth-order valence-corrected chi connectivity index (χ4v) is 1.69. The number of hydrogen-bond donors (Lipinski definition) is 1. The summed E-state index contributed by atoms with van der Waals surface area (Å²) < 4.78 is 12.4. The first-order valence-electron chi connectivity index (χ1n) is 5.96. The standard InChI is InChI=1S/C13H25FN2/c1-7-11(4)13(6,8-9-14)16-12(5)15-10(2)3/h8-11H,7H2,1-6H3,(H,15,16)/b9-8+/t11-,13-/m0/s1. The van der Waals surface area contributed by atoms with Crippen LogP contribution in [0.2, 0.25) is 0 Å². The minimum absolute atomic E-state index is 0.253. The van der Waals surface area contributed by atoms with Gasteiger partial charge in [-0.15, -0.1) is 0 Å². The maximum atomic E-state index is 12.4. The van der Waals surface area contributed by atoms with E-state index in [1.54, 1.807) is 6.08 Å². The Balaban J connectivity index is 4.81. The van der Waals surface area contributed by atoms with E-state index >= 15 is 0 Å². The average Bonchev–Trinajstić information content (AvgIpc) is 2.15. The lowest BCUT2D eigenvalue weighted by atomic mass is 9.85. The molecule has 0 rings (SSSR count). The van der Waals surface area contributed by atoms with Crippen molar-refractivity contribution in [1.82, 2.24) is 5.32 Å². The van der Waals surface area contributed by atoms with Crippen LogP contribution in [0.4, 0.5) is 4.39 Å². The fraction of sp³-hybridized carbons (Fsp3) is 0.769. The van der Waals surface area contributed by atoms with Crippen LogP contribution in [0.1, 0.15) is 48.0 Å². The van der Waals surface area contributed by atoms with Crippen LogP contribution in [0.3, 0.4) is 0 Å². The molecule has 0 aliphatic carbocycles. The van der Waals surface area contributed by atoms with Gasteiger partial charge in [-0.3, -0.25) is 4.99 Å². The Morgan fingerprint density at radius 2 is 2.00 bits per heavy atom. The topological polar surface area (TPSA) is 24.4 Å². The highest BCUT2D eigenvalue weighted by atomic mass is 19.1. The minimum Gasteiger partial charge on any atom is -0.365 e. The van der Waals surface area contributed by atoms with Gasteiger partial charge in [0.15, 0.2) is 0 Å². The van der Waals surface area contributed by atoms with Gasteiger partial charge in [-0.2, -0.15) is 0 Å². The van der Waals surface area contributed by atoms with E-state index in [-0.39, 0.29) is 11.6 Å². The quantitative estimate of drug-likeness (QED) is 0.563. The molecule has 0 aromatic carbocycles. The maximum Gasteiger partial charge on any atom is 0.0941 e. The molecule has 0 unspecified atom stereocenters. The van der Waals surface area contributed by atoms with Gasteiger partial charge in [-0.1, -0.05) is 20.3 Å². The first kappa shape index (κ1) is 15.1. The molecule has 3 heteroatoms. The van der Waals surface area contributed by atoms with Gasteiger partial charge in [0.05, 0.1) is 17.7 Å². The van der Waals surface area contributed by atoms with Gasteiger partial charge in [0.1, 0.15) is 0 Å². The number of halogens is 1. The minimum atomic E-state index is -0.369. The van der Waals surface area contributed by atoms with Gasteiger partial charge in [0, 0.05) is 6.04 Å². The summed E-state index contributed by atoms with van der Waals surface area (Å²) in [6.45, 7) is 12.2. The molecule has 0 fully saturated rings. The Morgan fingerprint density at radius 3 is 2.38 bits per heavy atom. The third-order valence-corrected chi connectivity index (χ3v) is 2.95. The van der Waals surface area contributed by atoms with Crippen LogP contribution in [0.25, 0.3) is 0 Å². The molecule has 94 valence electrons. The molecule has 2 nitrogen and oxygen atoms in total. The molecule has 0 heterocycles. The van der Waals surface area contributed by atoms with Crippen molar-refractivity contribution in [2.24, 2.45) is 10.9 Å². The molecule has 16 heavy (non-hydrogen) atoms. The van der Waals surface area contributed by atoms with E-state index in [2.05, 4.69) is 24.2 Å². The second-order valence-corrected chi connectivity index (χ2v) is 4.82. The molecular weight excluding hydrogens is 203 g/mol. The van der Waals surface area contributed by atoms with E-state index < -0.39 is 0 Å². The molecule has 0 aliphatic heterocycles. The van der Waals surface area contributed by atoms with Crippen molar-refractivity contribution in [3.8, 4) is 0 Å². The molecule has 0 spiro atoms. The first-order chi connectivity index (χ1) is 7.35. The Morgan fingerprint density at radius 1 is 1.44 bits per heavy atom. The molecule has 0 saturated carbocycles. The van der Waals surface area contributed by atoms with Crippen LogP contribution in [0.5, 0.6) is 0 Å². The second kappa shape index (κ2) is 6.66. The molecule has 0 aliphatic rings. The number of hydrogen-bond acceptors (Lipinski definition) is 1. The van der Waals surface area contributed by atoms with Crippen LogP contribution in [0.15, 0.2) is 17.4 Å². The molecular formula is C13H25FN2. The van der Waals surface area contributed by atoms with Crippen molar-refractivity contribution in [1.29, 1.82) is 0 Å². The van der Waals surface area contributed by atoms with Crippen molar-refractivity contribution in [2.75, 3.05) is 0 Å². The zero-order chi connectivity index (χ0) is 12.8. The molecule has 2 atom stereocenters. The number of nitrogens with one attached hydrogen (secondary N) is 1. The maximum absolute atomic E-state index is 12.4. The van der Waals surface area contributed by atoms with Crippen LogP contribution < -0.4 is 5.32 Å². The molecule has 0 amide bonds. The lowest BCUT2D eigenvalue weighted by Gasteiger charge is -2.34. The Kier molecular flexibility index (Phi) is 6.31. The van der Waals surface area contributed by atoms with Crippen molar-refractivity contribution < 1.29 is 4.39 Å². The van der Waals surface area contributed by atoms with E-state index in [0.717, 1.165) is 12.3 Å². The van der Waals surface area contributed by atoms with Crippen LogP contribution >= 0.6 is 0 Å². The van der Waals surface area contributed by atoms with E-state index in [9.17, 15) is 4.39 Å². The number of nitrogens with zero attached hydrogens (tertiary/aromatic N) is 1. The summed E-state index contributed by atoms with van der Waals surface area (Å²) in [6.07, 6.45) is 3.17. The van der Waals surface area contributed by atoms with Crippen LogP contribution in [-0.4, -0.2) is 17.4 Å². The van der Waals surface area contributed by atoms with Gasteiger partial charge in [-0.05, 0) is 39.7 Å². The van der Waals surface area contributed by atoms with Crippen molar-refractivity contribution >= 4 is 5.84 Å². The summed E-state index contributed by atoms with van der Waals surface area (Å²) in [4.78, 5) is 4.41. The monoisotopic (exact) mass is 228 g/mol.